The van der Waals surface area contributed by atoms with E-state index < -0.39 is 6.10 Å². The van der Waals surface area contributed by atoms with Crippen LogP contribution in [-0.2, 0) is 9.53 Å². The molecule has 152 valence electrons. The molecule has 6 heteroatoms. The van der Waals surface area contributed by atoms with Gasteiger partial charge in [0, 0.05) is 10.7 Å². The molecule has 0 saturated carbocycles. The van der Waals surface area contributed by atoms with Gasteiger partial charge in [0.2, 0.25) is 0 Å². The Hall–Kier alpha value is -3.02. The number of fused-ring (bicyclic) bond motifs is 1. The maximum atomic E-state index is 12.7. The van der Waals surface area contributed by atoms with Crippen LogP contribution in [0.25, 0.3) is 0 Å². The highest BCUT2D eigenvalue weighted by Gasteiger charge is 2.31. The highest BCUT2D eigenvalue weighted by Crippen LogP contribution is 2.36. The summed E-state index contributed by atoms with van der Waals surface area (Å²) in [5.41, 5.74) is 5.10. The molecular weight excluding hydrogens is 398 g/mol. The summed E-state index contributed by atoms with van der Waals surface area (Å²) in [7, 11) is 0. The Morgan fingerprint density at radius 1 is 0.867 bits per heavy atom. The fourth-order valence-corrected chi connectivity index (χ4v) is 4.11. The van der Waals surface area contributed by atoms with Gasteiger partial charge in [0.05, 0.1) is 17.5 Å². The number of ether oxygens (including phenoxy) is 1. The Kier molecular flexibility index (Phi) is 5.07. The Balaban J connectivity index is 1.18. The number of para-hydroxylation sites is 2. The standard InChI is InChI=1S/C24H22ClN3O2/c25-17-9-5-15(6-10-17)21-13-14-22(30-21)24(29)26-18-11-7-16(8-12-18)23-27-19-3-1-2-4-20(19)28-23/h1-12,21-23,27-28H,13-14H2,(H,26,29). The molecule has 3 N–H and O–H groups in total. The molecule has 0 bridgehead atoms. The second kappa shape index (κ2) is 8.01. The average molecular weight is 420 g/mol. The van der Waals surface area contributed by atoms with E-state index in [9.17, 15) is 4.79 Å². The molecule has 2 heterocycles. The largest absolute Gasteiger partial charge is 0.360 e. The minimum absolute atomic E-state index is 0.0189. The van der Waals surface area contributed by atoms with Crippen LogP contribution < -0.4 is 16.0 Å². The van der Waals surface area contributed by atoms with Gasteiger partial charge >= 0.3 is 0 Å². The summed E-state index contributed by atoms with van der Waals surface area (Å²) in [4.78, 5) is 12.7. The van der Waals surface area contributed by atoms with Crippen LogP contribution >= 0.6 is 11.6 Å². The van der Waals surface area contributed by atoms with Crippen LogP contribution in [-0.4, -0.2) is 12.0 Å². The molecule has 0 spiro atoms. The minimum atomic E-state index is -0.446. The Morgan fingerprint density at radius 3 is 2.17 bits per heavy atom. The first-order valence-electron chi connectivity index (χ1n) is 10.1. The summed E-state index contributed by atoms with van der Waals surface area (Å²) in [5.74, 6) is -0.108. The minimum Gasteiger partial charge on any atom is -0.360 e. The maximum absolute atomic E-state index is 12.7. The van der Waals surface area contributed by atoms with Gasteiger partial charge in [-0.2, -0.15) is 0 Å². The van der Waals surface area contributed by atoms with Crippen LogP contribution in [0.15, 0.2) is 72.8 Å². The first-order valence-corrected chi connectivity index (χ1v) is 10.5. The molecule has 0 radical (unpaired) electrons. The fourth-order valence-electron chi connectivity index (χ4n) is 3.98. The Morgan fingerprint density at radius 2 is 1.50 bits per heavy atom. The quantitative estimate of drug-likeness (QED) is 0.505. The van der Waals surface area contributed by atoms with Crippen molar-refractivity contribution in [3.8, 4) is 0 Å². The van der Waals surface area contributed by atoms with E-state index in [-0.39, 0.29) is 18.2 Å². The lowest BCUT2D eigenvalue weighted by molar-refractivity contribution is -0.126. The van der Waals surface area contributed by atoms with Crippen LogP contribution in [0.4, 0.5) is 17.1 Å². The Labute approximate surface area is 180 Å². The van der Waals surface area contributed by atoms with Gasteiger partial charge in [-0.1, -0.05) is 48.0 Å². The molecule has 2 aliphatic heterocycles. The van der Waals surface area contributed by atoms with E-state index in [1.165, 1.54) is 0 Å². The topological polar surface area (TPSA) is 62.4 Å². The van der Waals surface area contributed by atoms with Gasteiger partial charge in [-0.3, -0.25) is 4.79 Å². The third-order valence-electron chi connectivity index (χ3n) is 5.59. The van der Waals surface area contributed by atoms with Crippen molar-refractivity contribution in [2.75, 3.05) is 16.0 Å². The predicted molar refractivity (Wildman–Crippen MR) is 120 cm³/mol. The lowest BCUT2D eigenvalue weighted by atomic mass is 10.1. The van der Waals surface area contributed by atoms with Crippen molar-refractivity contribution in [1.82, 2.24) is 0 Å². The van der Waals surface area contributed by atoms with Crippen molar-refractivity contribution < 1.29 is 9.53 Å². The molecule has 30 heavy (non-hydrogen) atoms. The molecule has 2 atom stereocenters. The molecule has 0 aromatic heterocycles. The molecule has 2 aliphatic rings. The summed E-state index contributed by atoms with van der Waals surface area (Å²) in [5, 5.41) is 10.6. The molecule has 2 unspecified atom stereocenters. The van der Waals surface area contributed by atoms with Gasteiger partial charge < -0.3 is 20.7 Å². The van der Waals surface area contributed by atoms with Crippen LogP contribution in [0.1, 0.15) is 36.2 Å². The summed E-state index contributed by atoms with van der Waals surface area (Å²) in [6.07, 6.45) is 1.02. The highest BCUT2D eigenvalue weighted by molar-refractivity contribution is 6.30. The maximum Gasteiger partial charge on any atom is 0.253 e. The number of anilines is 3. The van der Waals surface area contributed by atoms with Crippen molar-refractivity contribution in [2.45, 2.75) is 31.2 Å². The first-order chi connectivity index (χ1) is 14.7. The lowest BCUT2D eigenvalue weighted by Gasteiger charge is -2.16. The van der Waals surface area contributed by atoms with Gasteiger partial charge in [-0.05, 0) is 60.4 Å². The van der Waals surface area contributed by atoms with E-state index in [4.69, 9.17) is 16.3 Å². The average Bonchev–Trinajstić information content (AvgIpc) is 3.42. The van der Waals surface area contributed by atoms with Crippen molar-refractivity contribution in [3.63, 3.8) is 0 Å². The van der Waals surface area contributed by atoms with Gasteiger partial charge in [-0.25, -0.2) is 0 Å². The molecule has 5 nitrogen and oxygen atoms in total. The predicted octanol–water partition coefficient (Wildman–Crippen LogP) is 5.74. The van der Waals surface area contributed by atoms with Crippen molar-refractivity contribution in [3.05, 3.63) is 88.9 Å². The fraction of sp³-hybridized carbons (Fsp3) is 0.208. The summed E-state index contributed by atoms with van der Waals surface area (Å²) in [6, 6.07) is 23.6. The van der Waals surface area contributed by atoms with Crippen LogP contribution in [0.5, 0.6) is 0 Å². The third kappa shape index (κ3) is 3.86. The van der Waals surface area contributed by atoms with Crippen LogP contribution in [0.3, 0.4) is 0 Å². The van der Waals surface area contributed by atoms with E-state index in [1.54, 1.807) is 0 Å². The number of hydrogen-bond donors (Lipinski definition) is 3. The van der Waals surface area contributed by atoms with Gasteiger partial charge in [0.1, 0.15) is 12.3 Å². The molecule has 1 fully saturated rings. The van der Waals surface area contributed by atoms with Crippen molar-refractivity contribution in [1.29, 1.82) is 0 Å². The highest BCUT2D eigenvalue weighted by atomic mass is 35.5. The van der Waals surface area contributed by atoms with Crippen molar-refractivity contribution >= 4 is 34.6 Å². The van der Waals surface area contributed by atoms with E-state index in [2.05, 4.69) is 28.1 Å². The number of amides is 1. The number of halogens is 1. The number of rotatable bonds is 4. The van der Waals surface area contributed by atoms with E-state index >= 15 is 0 Å². The first kappa shape index (κ1) is 19.0. The number of carbonyl (C=O) groups excluding carboxylic acids is 1. The molecular formula is C24H22ClN3O2. The second-order valence-electron chi connectivity index (χ2n) is 7.62. The lowest BCUT2D eigenvalue weighted by Crippen LogP contribution is -2.27. The van der Waals surface area contributed by atoms with Gasteiger partial charge in [0.15, 0.2) is 0 Å². The molecule has 1 saturated heterocycles. The van der Waals surface area contributed by atoms with E-state index in [0.29, 0.717) is 11.4 Å². The SMILES string of the molecule is O=C(Nc1ccc(C2Nc3ccccc3N2)cc1)C1CCC(c2ccc(Cl)cc2)O1. The zero-order chi connectivity index (χ0) is 20.5. The zero-order valence-electron chi connectivity index (χ0n) is 16.3. The number of benzene rings is 3. The van der Waals surface area contributed by atoms with E-state index in [0.717, 1.165) is 34.6 Å². The molecule has 5 rings (SSSR count). The summed E-state index contributed by atoms with van der Waals surface area (Å²) < 4.78 is 5.99. The molecule has 1 amide bonds. The van der Waals surface area contributed by atoms with Gasteiger partial charge in [0.25, 0.3) is 5.91 Å². The molecule has 0 aliphatic carbocycles. The normalized spacial score (nSPS) is 20.3. The van der Waals surface area contributed by atoms with Crippen molar-refractivity contribution in [2.24, 2.45) is 0 Å². The smallest absolute Gasteiger partial charge is 0.253 e. The van der Waals surface area contributed by atoms with Crippen LogP contribution in [0.2, 0.25) is 5.02 Å². The number of hydrogen-bond acceptors (Lipinski definition) is 4. The molecule has 3 aromatic rings. The second-order valence-corrected chi connectivity index (χ2v) is 8.06. The summed E-state index contributed by atoms with van der Waals surface area (Å²) >= 11 is 5.95. The zero-order valence-corrected chi connectivity index (χ0v) is 17.0. The molecule has 3 aromatic carbocycles. The van der Waals surface area contributed by atoms with E-state index in [1.807, 2.05) is 60.7 Å². The monoisotopic (exact) mass is 419 g/mol. The van der Waals surface area contributed by atoms with Gasteiger partial charge in [-0.15, -0.1) is 0 Å². The van der Waals surface area contributed by atoms with Crippen LogP contribution in [0, 0.1) is 0 Å². The summed E-state index contributed by atoms with van der Waals surface area (Å²) in [6.45, 7) is 0. The third-order valence-corrected chi connectivity index (χ3v) is 5.84. The number of nitrogens with one attached hydrogen (secondary N) is 3. The Bertz CT molecular complexity index is 1030. The number of carbonyl (C=O) groups is 1.